The molecule has 0 spiro atoms. The van der Waals surface area contributed by atoms with E-state index in [4.69, 9.17) is 0 Å². The summed E-state index contributed by atoms with van der Waals surface area (Å²) in [5, 5.41) is 8.48. The molecule has 0 atom stereocenters. The molecule has 0 unspecified atom stereocenters. The van der Waals surface area contributed by atoms with E-state index >= 15 is 0 Å². The first-order valence-electron chi connectivity index (χ1n) is 7.53. The fraction of sp³-hybridized carbons (Fsp3) is 0.111. The molecule has 4 nitrogen and oxygen atoms in total. The van der Waals surface area contributed by atoms with Gasteiger partial charge in [0.1, 0.15) is 5.82 Å². The zero-order valence-electron chi connectivity index (χ0n) is 13.5. The Morgan fingerprint density at radius 2 is 2.00 bits per heavy atom. The number of anilines is 3. The van der Waals surface area contributed by atoms with Crippen LogP contribution in [0.3, 0.4) is 0 Å². The average Bonchev–Trinajstić information content (AvgIpc) is 3.04. The van der Waals surface area contributed by atoms with Crippen LogP contribution in [0.4, 0.5) is 20.9 Å². The maximum absolute atomic E-state index is 12.9. The highest BCUT2D eigenvalue weighted by atomic mass is 32.2. The first-order valence-corrected chi connectivity index (χ1v) is 9.64. The third-order valence-corrected chi connectivity index (χ3v) is 4.87. The first kappa shape index (κ1) is 17.4. The average molecular weight is 373 g/mol. The van der Waals surface area contributed by atoms with Gasteiger partial charge in [-0.25, -0.2) is 9.37 Å². The van der Waals surface area contributed by atoms with Crippen LogP contribution in [0.1, 0.15) is 5.69 Å². The smallest absolute Gasteiger partial charge is 0.230 e. The molecule has 2 aromatic carbocycles. The van der Waals surface area contributed by atoms with E-state index in [1.54, 1.807) is 23.9 Å². The van der Waals surface area contributed by atoms with Crippen LogP contribution < -0.4 is 10.6 Å². The van der Waals surface area contributed by atoms with Crippen molar-refractivity contribution in [1.29, 1.82) is 0 Å². The largest absolute Gasteiger partial charge is 0.332 e. The number of halogens is 1. The highest BCUT2D eigenvalue weighted by Gasteiger charge is 2.09. The molecule has 1 aromatic heterocycles. The number of benzene rings is 2. The van der Waals surface area contributed by atoms with E-state index in [2.05, 4.69) is 15.6 Å². The van der Waals surface area contributed by atoms with Crippen LogP contribution >= 0.6 is 23.1 Å². The topological polar surface area (TPSA) is 54.0 Å². The van der Waals surface area contributed by atoms with E-state index in [9.17, 15) is 9.18 Å². The predicted octanol–water partition coefficient (Wildman–Crippen LogP) is 4.93. The molecular weight excluding hydrogens is 357 g/mol. The number of rotatable bonds is 6. The summed E-state index contributed by atoms with van der Waals surface area (Å²) in [5.41, 5.74) is 2.21. The first-order chi connectivity index (χ1) is 12.1. The summed E-state index contributed by atoms with van der Waals surface area (Å²) in [5.74, 6) is -0.399. The minimum absolute atomic E-state index is 0.114. The van der Waals surface area contributed by atoms with Crippen LogP contribution in [0.5, 0.6) is 0 Å². The van der Waals surface area contributed by atoms with E-state index < -0.39 is 0 Å². The molecule has 128 valence electrons. The Hall–Kier alpha value is -2.38. The van der Waals surface area contributed by atoms with E-state index in [1.165, 1.54) is 23.5 Å². The van der Waals surface area contributed by atoms with Crippen LogP contribution in [0, 0.1) is 5.82 Å². The lowest BCUT2D eigenvalue weighted by Crippen LogP contribution is -2.14. The second-order valence-electron chi connectivity index (χ2n) is 5.23. The van der Waals surface area contributed by atoms with Gasteiger partial charge in [0.2, 0.25) is 5.91 Å². The highest BCUT2D eigenvalue weighted by Crippen LogP contribution is 2.22. The molecule has 3 rings (SSSR count). The van der Waals surface area contributed by atoms with Crippen LogP contribution in [0.25, 0.3) is 0 Å². The number of hydrogen-bond acceptors (Lipinski definition) is 5. The Morgan fingerprint density at radius 3 is 2.76 bits per heavy atom. The molecule has 25 heavy (non-hydrogen) atoms. The van der Waals surface area contributed by atoms with E-state index in [-0.39, 0.29) is 18.1 Å². The lowest BCUT2D eigenvalue weighted by Gasteiger charge is -2.05. The molecule has 1 amide bonds. The normalized spacial score (nSPS) is 10.5. The molecule has 1 heterocycles. The number of carbonyl (C=O) groups excluding carboxylic acids is 1. The Morgan fingerprint density at radius 1 is 1.20 bits per heavy atom. The lowest BCUT2D eigenvalue weighted by molar-refractivity contribution is -0.115. The summed E-state index contributed by atoms with van der Waals surface area (Å²) < 4.78 is 12.9. The molecule has 0 fully saturated rings. The van der Waals surface area contributed by atoms with Crippen molar-refractivity contribution in [3.63, 3.8) is 0 Å². The van der Waals surface area contributed by atoms with E-state index in [1.807, 2.05) is 35.9 Å². The Balaban J connectivity index is 1.58. The van der Waals surface area contributed by atoms with Gasteiger partial charge in [0, 0.05) is 21.7 Å². The number of thioether (sulfide) groups is 1. The van der Waals surface area contributed by atoms with Gasteiger partial charge in [0.25, 0.3) is 0 Å². The fourth-order valence-corrected chi connectivity index (χ4v) is 3.36. The van der Waals surface area contributed by atoms with Crippen molar-refractivity contribution in [3.05, 3.63) is 65.4 Å². The van der Waals surface area contributed by atoms with Crippen LogP contribution in [-0.4, -0.2) is 17.1 Å². The molecule has 0 saturated heterocycles. The van der Waals surface area contributed by atoms with Crippen molar-refractivity contribution in [2.45, 2.75) is 11.3 Å². The van der Waals surface area contributed by atoms with Gasteiger partial charge in [-0.2, -0.15) is 0 Å². The highest BCUT2D eigenvalue weighted by molar-refractivity contribution is 7.98. The summed E-state index contributed by atoms with van der Waals surface area (Å²) in [7, 11) is 0. The summed E-state index contributed by atoms with van der Waals surface area (Å²) in [4.78, 5) is 17.7. The molecule has 0 aliphatic heterocycles. The van der Waals surface area contributed by atoms with Gasteiger partial charge in [-0.3, -0.25) is 4.79 Å². The van der Waals surface area contributed by atoms with Crippen LogP contribution in [0.2, 0.25) is 0 Å². The monoisotopic (exact) mass is 373 g/mol. The molecule has 0 aliphatic rings. The number of aromatic nitrogens is 1. The molecule has 2 N–H and O–H groups in total. The van der Waals surface area contributed by atoms with Crippen LogP contribution in [-0.2, 0) is 11.2 Å². The molecule has 0 saturated carbocycles. The lowest BCUT2D eigenvalue weighted by atomic mass is 10.3. The minimum Gasteiger partial charge on any atom is -0.332 e. The number of nitrogens with one attached hydrogen (secondary N) is 2. The van der Waals surface area contributed by atoms with Gasteiger partial charge < -0.3 is 10.6 Å². The van der Waals surface area contributed by atoms with Gasteiger partial charge in [0.05, 0.1) is 12.1 Å². The maximum atomic E-state index is 12.9. The summed E-state index contributed by atoms with van der Waals surface area (Å²) in [6.45, 7) is 0. The standard InChI is InChI=1S/C18H16FN3OS2/c1-24-16-4-2-3-14(9-16)20-17(23)10-15-11-25-18(22-15)21-13-7-5-12(19)6-8-13/h2-9,11H,10H2,1H3,(H,20,23)(H,21,22). The number of thiazole rings is 1. The molecule has 0 radical (unpaired) electrons. The fourth-order valence-electron chi connectivity index (χ4n) is 2.17. The third-order valence-electron chi connectivity index (χ3n) is 3.34. The Kier molecular flexibility index (Phi) is 5.67. The van der Waals surface area contributed by atoms with Crippen molar-refractivity contribution < 1.29 is 9.18 Å². The van der Waals surface area contributed by atoms with E-state index in [0.717, 1.165) is 16.3 Å². The SMILES string of the molecule is CSc1cccc(NC(=O)Cc2csc(Nc3ccc(F)cc3)n2)c1. The quantitative estimate of drug-likeness (QED) is 0.602. The van der Waals surface area contributed by atoms with Crippen molar-refractivity contribution >= 4 is 45.5 Å². The van der Waals surface area contributed by atoms with Gasteiger partial charge in [-0.1, -0.05) is 6.07 Å². The van der Waals surface area contributed by atoms with Crippen LogP contribution in [0.15, 0.2) is 58.8 Å². The van der Waals surface area contributed by atoms with E-state index in [0.29, 0.717) is 10.8 Å². The summed E-state index contributed by atoms with van der Waals surface area (Å²) in [6, 6.07) is 13.7. The summed E-state index contributed by atoms with van der Waals surface area (Å²) >= 11 is 3.03. The van der Waals surface area contributed by atoms with Gasteiger partial charge >= 0.3 is 0 Å². The number of nitrogens with zero attached hydrogens (tertiary/aromatic N) is 1. The maximum Gasteiger partial charge on any atom is 0.230 e. The molecule has 0 bridgehead atoms. The zero-order chi connectivity index (χ0) is 17.6. The van der Waals surface area contributed by atoms with Gasteiger partial charge in [-0.05, 0) is 48.7 Å². The van der Waals surface area contributed by atoms with Crippen molar-refractivity contribution in [3.8, 4) is 0 Å². The second-order valence-corrected chi connectivity index (χ2v) is 6.97. The number of hydrogen-bond donors (Lipinski definition) is 2. The Bertz CT molecular complexity index is 865. The zero-order valence-corrected chi connectivity index (χ0v) is 15.1. The van der Waals surface area contributed by atoms with Crippen molar-refractivity contribution in [2.75, 3.05) is 16.9 Å². The number of carbonyl (C=O) groups is 1. The number of amides is 1. The molecular formula is C18H16FN3OS2. The Labute approximate surface area is 153 Å². The summed E-state index contributed by atoms with van der Waals surface area (Å²) in [6.07, 6.45) is 2.19. The van der Waals surface area contributed by atoms with Gasteiger partial charge in [-0.15, -0.1) is 23.1 Å². The molecule has 3 aromatic rings. The molecule has 7 heteroatoms. The molecule has 0 aliphatic carbocycles. The van der Waals surface area contributed by atoms with Crippen molar-refractivity contribution in [2.24, 2.45) is 0 Å². The predicted molar refractivity (Wildman–Crippen MR) is 102 cm³/mol. The third kappa shape index (κ3) is 5.04. The van der Waals surface area contributed by atoms with Gasteiger partial charge in [0.15, 0.2) is 5.13 Å². The minimum atomic E-state index is -0.285. The second kappa shape index (κ2) is 8.13. The van der Waals surface area contributed by atoms with Crippen molar-refractivity contribution in [1.82, 2.24) is 4.98 Å².